The molecule has 3 N–H and O–H groups in total. The van der Waals surface area contributed by atoms with E-state index in [9.17, 15) is 20.1 Å². The van der Waals surface area contributed by atoms with E-state index in [-0.39, 0.29) is 53.8 Å². The van der Waals surface area contributed by atoms with E-state index in [0.717, 1.165) is 12.8 Å². The van der Waals surface area contributed by atoms with Crippen molar-refractivity contribution in [3.8, 4) is 0 Å². The predicted molar refractivity (Wildman–Crippen MR) is 109 cm³/mol. The molecule has 1 unspecified atom stereocenters. The second kappa shape index (κ2) is 8.48. The van der Waals surface area contributed by atoms with Crippen molar-refractivity contribution in [1.29, 1.82) is 0 Å². The van der Waals surface area contributed by atoms with Crippen molar-refractivity contribution in [3.05, 3.63) is 12.7 Å². The van der Waals surface area contributed by atoms with Crippen molar-refractivity contribution in [1.82, 2.24) is 0 Å². The maximum absolute atomic E-state index is 13.1. The Labute approximate surface area is 170 Å². The molecule has 0 aromatic carbocycles. The fraction of sp³-hybridized carbons (Fsp3) is 0.850. The summed E-state index contributed by atoms with van der Waals surface area (Å²) < 4.78 is 0. The normalized spacial score (nSPS) is 38.8. The van der Waals surface area contributed by atoms with E-state index in [0.29, 0.717) is 12.8 Å². The first-order valence-corrected chi connectivity index (χ1v) is 9.17. The van der Waals surface area contributed by atoms with Crippen molar-refractivity contribution in [2.75, 3.05) is 0 Å². The van der Waals surface area contributed by atoms with Gasteiger partial charge in [-0.05, 0) is 42.4 Å². The van der Waals surface area contributed by atoms with Gasteiger partial charge in [0.1, 0.15) is 11.9 Å². The minimum absolute atomic E-state index is 0. The van der Waals surface area contributed by atoms with E-state index in [1.807, 2.05) is 13.8 Å². The van der Waals surface area contributed by atoms with Gasteiger partial charge in [0.2, 0.25) is 0 Å². The number of rotatable bonds is 4. The van der Waals surface area contributed by atoms with Crippen LogP contribution in [-0.4, -0.2) is 33.0 Å². The van der Waals surface area contributed by atoms with Crippen LogP contribution < -0.4 is 0 Å². The van der Waals surface area contributed by atoms with Gasteiger partial charge in [0.15, 0.2) is 5.79 Å². The van der Waals surface area contributed by atoms with Gasteiger partial charge in [0.25, 0.3) is 0 Å². The lowest BCUT2D eigenvalue weighted by Crippen LogP contribution is -2.71. The third kappa shape index (κ3) is 3.86. The first-order chi connectivity index (χ1) is 10.9. The first-order valence-electron chi connectivity index (χ1n) is 9.17. The minimum Gasteiger partial charge on any atom is -0.387 e. The quantitative estimate of drug-likeness (QED) is 0.486. The molecule has 0 saturated heterocycles. The van der Waals surface area contributed by atoms with Crippen LogP contribution in [0.2, 0.25) is 0 Å². The Hall–Kier alpha value is -0.130. The maximum Gasteiger partial charge on any atom is 0.195 e. The zero-order valence-electron chi connectivity index (χ0n) is 16.6. The molecule has 4 nitrogen and oxygen atoms in total. The summed E-state index contributed by atoms with van der Waals surface area (Å²) in [6, 6.07) is 0. The van der Waals surface area contributed by atoms with Crippen LogP contribution in [-0.2, 0) is 4.79 Å². The molecular formula is C20H36Cl2O4. The number of ketones is 1. The Morgan fingerprint density at radius 3 is 2.27 bits per heavy atom. The van der Waals surface area contributed by atoms with E-state index in [4.69, 9.17) is 0 Å². The maximum atomic E-state index is 13.1. The van der Waals surface area contributed by atoms with Gasteiger partial charge in [-0.25, -0.2) is 0 Å². The van der Waals surface area contributed by atoms with Crippen LogP contribution in [0.5, 0.6) is 0 Å². The molecule has 6 heteroatoms. The highest BCUT2D eigenvalue weighted by Gasteiger charge is 2.68. The van der Waals surface area contributed by atoms with Crippen molar-refractivity contribution in [2.24, 2.45) is 34.5 Å². The average Bonchev–Trinajstić information content (AvgIpc) is 2.44. The van der Waals surface area contributed by atoms with Crippen LogP contribution in [0, 0.1) is 34.5 Å². The average molecular weight is 411 g/mol. The molecule has 6 atom stereocenters. The van der Waals surface area contributed by atoms with Crippen LogP contribution in [0.15, 0.2) is 12.7 Å². The third-order valence-corrected chi connectivity index (χ3v) is 7.04. The van der Waals surface area contributed by atoms with Crippen LogP contribution >= 0.6 is 24.8 Å². The molecule has 0 spiro atoms. The van der Waals surface area contributed by atoms with Crippen molar-refractivity contribution in [2.45, 2.75) is 72.2 Å². The van der Waals surface area contributed by atoms with Gasteiger partial charge < -0.3 is 15.3 Å². The Morgan fingerprint density at radius 1 is 1.23 bits per heavy atom. The molecule has 0 heterocycles. The molecule has 0 bridgehead atoms. The number of hydrogen-bond donors (Lipinski definition) is 3. The van der Waals surface area contributed by atoms with E-state index < -0.39 is 23.2 Å². The molecule has 0 radical (unpaired) electrons. The lowest BCUT2D eigenvalue weighted by atomic mass is 9.43. The zero-order chi connectivity index (χ0) is 18.5. The molecule has 2 saturated carbocycles. The van der Waals surface area contributed by atoms with Crippen molar-refractivity contribution < 1.29 is 20.1 Å². The molecule has 0 aliphatic heterocycles. The molecule has 2 fully saturated rings. The van der Waals surface area contributed by atoms with Gasteiger partial charge in [-0.15, -0.1) is 31.4 Å². The molecule has 26 heavy (non-hydrogen) atoms. The highest BCUT2D eigenvalue weighted by atomic mass is 35.5. The number of halogens is 2. The lowest BCUT2D eigenvalue weighted by Gasteiger charge is -2.64. The summed E-state index contributed by atoms with van der Waals surface area (Å²) in [5, 5.41) is 32.2. The highest BCUT2D eigenvalue weighted by Crippen LogP contribution is 2.64. The van der Waals surface area contributed by atoms with Gasteiger partial charge in [-0.1, -0.05) is 40.7 Å². The number of Topliss-reactive ketones (excluding diaryl/α,β-unsaturated/α-hetero) is 1. The van der Waals surface area contributed by atoms with Gasteiger partial charge in [-0.2, -0.15) is 0 Å². The Morgan fingerprint density at radius 2 is 1.77 bits per heavy atom. The minimum atomic E-state index is -2.25. The molecule has 0 aromatic heterocycles. The summed E-state index contributed by atoms with van der Waals surface area (Å²) >= 11 is 0. The summed E-state index contributed by atoms with van der Waals surface area (Å²) in [6.45, 7) is 13.7. The van der Waals surface area contributed by atoms with Crippen LogP contribution in [0.25, 0.3) is 0 Å². The largest absolute Gasteiger partial charge is 0.387 e. The number of allylic oxidation sites excluding steroid dienone is 1. The molecule has 154 valence electrons. The second-order valence-electron chi connectivity index (χ2n) is 9.19. The summed E-state index contributed by atoms with van der Waals surface area (Å²) in [5.74, 6) is -2.56. The Balaban J connectivity index is 0.00000312. The van der Waals surface area contributed by atoms with Crippen LogP contribution in [0.4, 0.5) is 0 Å². The SMILES string of the molecule is C=C[C@@H](C)CC(=O)[C@H]1[C@@H](C)CC[C@H]2C(C)(C)CC(O)C(O)(O)[C@]12C.Cl.Cl. The van der Waals surface area contributed by atoms with Gasteiger partial charge in [0, 0.05) is 17.8 Å². The molecule has 0 aromatic rings. The van der Waals surface area contributed by atoms with Crippen LogP contribution in [0.3, 0.4) is 0 Å². The van der Waals surface area contributed by atoms with Gasteiger partial charge >= 0.3 is 0 Å². The molecule has 2 aliphatic carbocycles. The summed E-state index contributed by atoms with van der Waals surface area (Å²) in [6.07, 6.45) is 2.95. The fourth-order valence-electron chi connectivity index (χ4n) is 5.71. The predicted octanol–water partition coefficient (Wildman–Crippen LogP) is 3.75. The second-order valence-corrected chi connectivity index (χ2v) is 9.19. The van der Waals surface area contributed by atoms with E-state index >= 15 is 0 Å². The van der Waals surface area contributed by atoms with Gasteiger partial charge in [0.05, 0.1) is 0 Å². The number of carbonyl (C=O) groups excluding carboxylic acids is 1. The summed E-state index contributed by atoms with van der Waals surface area (Å²) in [4.78, 5) is 13.1. The molecule has 0 amide bonds. The highest BCUT2D eigenvalue weighted by molar-refractivity contribution is 5.85. The van der Waals surface area contributed by atoms with E-state index in [1.54, 1.807) is 13.0 Å². The zero-order valence-corrected chi connectivity index (χ0v) is 18.2. The molecule has 2 rings (SSSR count). The molecular weight excluding hydrogens is 375 g/mol. The summed E-state index contributed by atoms with van der Waals surface area (Å²) in [5.41, 5.74) is -1.30. The number of aliphatic hydroxyl groups is 3. The Bertz CT molecular complexity index is 520. The first kappa shape index (κ1) is 25.9. The third-order valence-electron chi connectivity index (χ3n) is 7.04. The number of hydrogen-bond acceptors (Lipinski definition) is 4. The van der Waals surface area contributed by atoms with Crippen LogP contribution in [0.1, 0.15) is 60.3 Å². The number of carbonyl (C=O) groups is 1. The number of aliphatic hydroxyl groups excluding tert-OH is 1. The lowest BCUT2D eigenvalue weighted by molar-refractivity contribution is -0.356. The van der Waals surface area contributed by atoms with E-state index in [2.05, 4.69) is 20.4 Å². The number of fused-ring (bicyclic) bond motifs is 1. The topological polar surface area (TPSA) is 77.8 Å². The van der Waals surface area contributed by atoms with Gasteiger partial charge in [-0.3, -0.25) is 4.79 Å². The Kier molecular flexibility index (Phi) is 8.44. The van der Waals surface area contributed by atoms with Crippen molar-refractivity contribution >= 4 is 30.6 Å². The molecule has 2 aliphatic rings. The smallest absolute Gasteiger partial charge is 0.195 e. The van der Waals surface area contributed by atoms with Crippen molar-refractivity contribution in [3.63, 3.8) is 0 Å². The standard InChI is InChI=1S/C20H34O4.2ClH/c1-7-12(2)10-14(21)17-13(3)8-9-15-18(4,5)11-16(22)20(23,24)19(15,17)6;;/h7,12-13,15-17,22-24H,1,8-11H2,2-6H3;2*1H/t12-,13+,15+,16?,17-,19+;;/m1../s1. The fourth-order valence-corrected chi connectivity index (χ4v) is 5.71. The monoisotopic (exact) mass is 410 g/mol. The van der Waals surface area contributed by atoms with E-state index in [1.165, 1.54) is 0 Å². The summed E-state index contributed by atoms with van der Waals surface area (Å²) in [7, 11) is 0.